The summed E-state index contributed by atoms with van der Waals surface area (Å²) in [5, 5.41) is 4.53. The van der Waals surface area contributed by atoms with Crippen molar-refractivity contribution in [2.75, 3.05) is 0 Å². The largest absolute Gasteiger partial charge is 0.478 e. The number of nitrogens with zero attached hydrogens (tertiary/aromatic N) is 4. The number of benzene rings is 1. The van der Waals surface area contributed by atoms with Gasteiger partial charge in [-0.2, -0.15) is 4.98 Å². The fourth-order valence-electron chi connectivity index (χ4n) is 1.86. The van der Waals surface area contributed by atoms with Gasteiger partial charge in [-0.1, -0.05) is 22.8 Å². The van der Waals surface area contributed by atoms with Crippen LogP contribution in [0.3, 0.4) is 0 Å². The summed E-state index contributed by atoms with van der Waals surface area (Å²) in [6.07, 6.45) is 3.05. The average molecular weight is 317 g/mol. The molecule has 0 atom stereocenters. The van der Waals surface area contributed by atoms with Gasteiger partial charge in [0, 0.05) is 11.2 Å². The molecule has 0 radical (unpaired) electrons. The van der Waals surface area contributed by atoms with Crippen molar-refractivity contribution in [3.05, 3.63) is 53.8 Å². The van der Waals surface area contributed by atoms with Crippen LogP contribution >= 0.6 is 11.6 Å². The predicted molar refractivity (Wildman–Crippen MR) is 80.4 cm³/mol. The van der Waals surface area contributed by atoms with Crippen molar-refractivity contribution in [2.45, 2.75) is 19.4 Å². The SMILES string of the molecule is CC(C)(Oc1cccc(Cl)c1)c1nc(-c2ccncn2)no1. The third-order valence-electron chi connectivity index (χ3n) is 2.92. The quantitative estimate of drug-likeness (QED) is 0.733. The molecular weight excluding hydrogens is 304 g/mol. The van der Waals surface area contributed by atoms with Gasteiger partial charge in [-0.25, -0.2) is 9.97 Å². The van der Waals surface area contributed by atoms with Crippen LogP contribution in [0.25, 0.3) is 11.5 Å². The van der Waals surface area contributed by atoms with Crippen LogP contribution in [0.4, 0.5) is 0 Å². The van der Waals surface area contributed by atoms with Crippen LogP contribution in [-0.4, -0.2) is 20.1 Å². The van der Waals surface area contributed by atoms with Gasteiger partial charge in [0.2, 0.25) is 5.82 Å². The molecule has 1 aromatic carbocycles. The Bertz CT molecular complexity index is 774. The Hall–Kier alpha value is -2.47. The maximum absolute atomic E-state index is 5.96. The Morgan fingerprint density at radius 1 is 1.23 bits per heavy atom. The van der Waals surface area contributed by atoms with Gasteiger partial charge < -0.3 is 9.26 Å². The molecule has 3 aromatic rings. The summed E-state index contributed by atoms with van der Waals surface area (Å²) in [7, 11) is 0. The topological polar surface area (TPSA) is 73.9 Å². The zero-order chi connectivity index (χ0) is 15.6. The van der Waals surface area contributed by atoms with Crippen LogP contribution in [0.5, 0.6) is 5.75 Å². The molecule has 112 valence electrons. The molecule has 0 saturated heterocycles. The lowest BCUT2D eigenvalue weighted by Gasteiger charge is -2.22. The van der Waals surface area contributed by atoms with E-state index in [9.17, 15) is 0 Å². The van der Waals surface area contributed by atoms with E-state index in [4.69, 9.17) is 20.9 Å². The van der Waals surface area contributed by atoms with Gasteiger partial charge in [0.15, 0.2) is 5.60 Å². The van der Waals surface area contributed by atoms with Gasteiger partial charge in [-0.05, 0) is 38.1 Å². The number of ether oxygens (including phenoxy) is 1. The van der Waals surface area contributed by atoms with Crippen LogP contribution in [0.15, 0.2) is 47.4 Å². The average Bonchev–Trinajstić information content (AvgIpc) is 2.98. The normalized spacial score (nSPS) is 11.4. The molecule has 0 aliphatic carbocycles. The third-order valence-corrected chi connectivity index (χ3v) is 3.16. The van der Waals surface area contributed by atoms with Crippen molar-refractivity contribution in [1.82, 2.24) is 20.1 Å². The number of hydrogen-bond acceptors (Lipinski definition) is 6. The molecule has 0 spiro atoms. The first kappa shape index (κ1) is 14.5. The lowest BCUT2D eigenvalue weighted by molar-refractivity contribution is 0.0692. The highest BCUT2D eigenvalue weighted by atomic mass is 35.5. The van der Waals surface area contributed by atoms with Crippen molar-refractivity contribution < 1.29 is 9.26 Å². The Kier molecular flexibility index (Phi) is 3.77. The number of halogens is 1. The highest BCUT2D eigenvalue weighted by Gasteiger charge is 2.30. The van der Waals surface area contributed by atoms with E-state index in [2.05, 4.69) is 20.1 Å². The van der Waals surface area contributed by atoms with Gasteiger partial charge in [0.1, 0.15) is 17.8 Å². The summed E-state index contributed by atoms with van der Waals surface area (Å²) in [6.45, 7) is 3.68. The summed E-state index contributed by atoms with van der Waals surface area (Å²) < 4.78 is 11.2. The summed E-state index contributed by atoms with van der Waals surface area (Å²) in [6, 6.07) is 8.84. The fraction of sp³-hybridized carbons (Fsp3) is 0.200. The first-order chi connectivity index (χ1) is 10.5. The van der Waals surface area contributed by atoms with Gasteiger partial charge in [-0.3, -0.25) is 0 Å². The molecule has 0 unspecified atom stereocenters. The number of hydrogen-bond donors (Lipinski definition) is 0. The number of aromatic nitrogens is 4. The smallest absolute Gasteiger partial charge is 0.270 e. The second-order valence-corrected chi connectivity index (χ2v) is 5.52. The Labute approximate surface area is 132 Å². The Morgan fingerprint density at radius 3 is 2.82 bits per heavy atom. The number of rotatable bonds is 4. The molecule has 0 aliphatic rings. The Morgan fingerprint density at radius 2 is 2.09 bits per heavy atom. The molecule has 0 saturated carbocycles. The van der Waals surface area contributed by atoms with Crippen LogP contribution in [0.2, 0.25) is 5.02 Å². The molecule has 0 N–H and O–H groups in total. The van der Waals surface area contributed by atoms with Crippen LogP contribution in [-0.2, 0) is 5.60 Å². The van der Waals surface area contributed by atoms with Crippen molar-refractivity contribution in [2.24, 2.45) is 0 Å². The zero-order valence-electron chi connectivity index (χ0n) is 12.0. The van der Waals surface area contributed by atoms with E-state index in [0.717, 1.165) is 0 Å². The minimum Gasteiger partial charge on any atom is -0.478 e. The second kappa shape index (κ2) is 5.73. The first-order valence-electron chi connectivity index (χ1n) is 6.60. The van der Waals surface area contributed by atoms with Crippen molar-refractivity contribution in [3.63, 3.8) is 0 Å². The molecule has 6 nitrogen and oxygen atoms in total. The van der Waals surface area contributed by atoms with Crippen LogP contribution < -0.4 is 4.74 Å². The molecule has 2 aromatic heterocycles. The van der Waals surface area contributed by atoms with Gasteiger partial charge >= 0.3 is 0 Å². The zero-order valence-corrected chi connectivity index (χ0v) is 12.8. The standard InChI is InChI=1S/C15H13ClN4O2/c1-15(2,21-11-5-3-4-10(16)8-11)14-19-13(20-22-14)12-6-7-17-9-18-12/h3-9H,1-2H3. The Balaban J connectivity index is 1.85. The van der Waals surface area contributed by atoms with Crippen LogP contribution in [0, 0.1) is 0 Å². The van der Waals surface area contributed by atoms with Gasteiger partial charge in [0.05, 0.1) is 0 Å². The maximum Gasteiger partial charge on any atom is 0.270 e. The van der Waals surface area contributed by atoms with E-state index in [1.54, 1.807) is 24.4 Å². The minimum absolute atomic E-state index is 0.348. The summed E-state index contributed by atoms with van der Waals surface area (Å²) >= 11 is 5.96. The molecule has 3 rings (SSSR count). The summed E-state index contributed by atoms with van der Waals surface area (Å²) in [5.74, 6) is 1.36. The lowest BCUT2D eigenvalue weighted by Crippen LogP contribution is -2.25. The molecule has 7 heteroatoms. The molecular formula is C15H13ClN4O2. The summed E-state index contributed by atoms with van der Waals surface area (Å²) in [5.41, 5.74) is -0.216. The van der Waals surface area contributed by atoms with E-state index >= 15 is 0 Å². The van der Waals surface area contributed by atoms with Crippen molar-refractivity contribution in [3.8, 4) is 17.3 Å². The van der Waals surface area contributed by atoms with Gasteiger partial charge in [0.25, 0.3) is 5.89 Å². The first-order valence-corrected chi connectivity index (χ1v) is 6.97. The van der Waals surface area contributed by atoms with E-state index in [0.29, 0.717) is 28.2 Å². The lowest BCUT2D eigenvalue weighted by atomic mass is 10.1. The minimum atomic E-state index is -0.803. The maximum atomic E-state index is 5.96. The molecule has 0 fully saturated rings. The molecule has 0 amide bonds. The highest BCUT2D eigenvalue weighted by molar-refractivity contribution is 6.30. The van der Waals surface area contributed by atoms with E-state index in [1.807, 2.05) is 26.0 Å². The second-order valence-electron chi connectivity index (χ2n) is 5.09. The van der Waals surface area contributed by atoms with E-state index in [-0.39, 0.29) is 0 Å². The predicted octanol–water partition coefficient (Wildman–Crippen LogP) is 3.49. The monoisotopic (exact) mass is 316 g/mol. The highest BCUT2D eigenvalue weighted by Crippen LogP contribution is 2.29. The summed E-state index contributed by atoms with van der Waals surface area (Å²) in [4.78, 5) is 12.3. The molecule has 0 aliphatic heterocycles. The third kappa shape index (κ3) is 3.07. The van der Waals surface area contributed by atoms with Gasteiger partial charge in [-0.15, -0.1) is 0 Å². The van der Waals surface area contributed by atoms with Crippen molar-refractivity contribution >= 4 is 11.6 Å². The van der Waals surface area contributed by atoms with E-state index in [1.165, 1.54) is 6.33 Å². The molecule has 2 heterocycles. The fourth-order valence-corrected chi connectivity index (χ4v) is 2.04. The van der Waals surface area contributed by atoms with Crippen LogP contribution in [0.1, 0.15) is 19.7 Å². The van der Waals surface area contributed by atoms with Crippen molar-refractivity contribution in [1.29, 1.82) is 0 Å². The molecule has 22 heavy (non-hydrogen) atoms. The van der Waals surface area contributed by atoms with E-state index < -0.39 is 5.60 Å². The molecule has 0 bridgehead atoms.